The summed E-state index contributed by atoms with van der Waals surface area (Å²) in [5.74, 6) is 2.12. The first-order chi connectivity index (χ1) is 13.0. The predicted molar refractivity (Wildman–Crippen MR) is 99.5 cm³/mol. The molecule has 0 atom stereocenters. The fourth-order valence-corrected chi connectivity index (χ4v) is 3.16. The zero-order valence-corrected chi connectivity index (χ0v) is 15.1. The number of benzene rings is 1. The Labute approximate surface area is 156 Å². The van der Waals surface area contributed by atoms with Gasteiger partial charge in [0, 0.05) is 42.9 Å². The van der Waals surface area contributed by atoms with E-state index >= 15 is 0 Å². The number of rotatable bonds is 4. The molecule has 0 N–H and O–H groups in total. The van der Waals surface area contributed by atoms with E-state index in [9.17, 15) is 10.1 Å². The number of anilines is 1. The van der Waals surface area contributed by atoms with Crippen molar-refractivity contribution in [3.8, 4) is 11.5 Å². The summed E-state index contributed by atoms with van der Waals surface area (Å²) in [5, 5.41) is 15.1. The van der Waals surface area contributed by atoms with Crippen LogP contribution in [0, 0.1) is 10.1 Å². The number of non-ortho nitro benzene ring substituents is 1. The highest BCUT2D eigenvalue weighted by Crippen LogP contribution is 2.28. The number of aromatic nitrogens is 3. The SMILES string of the molecule is CC(C)c1noc(-c2ccnc(N3CCc4ccc([N+](=O)[O-])cc4C3)c2)n1. The molecule has 1 aliphatic rings. The Morgan fingerprint density at radius 2 is 2.07 bits per heavy atom. The zero-order chi connectivity index (χ0) is 19.0. The quantitative estimate of drug-likeness (QED) is 0.513. The third-order valence-corrected chi connectivity index (χ3v) is 4.69. The second-order valence-corrected chi connectivity index (χ2v) is 6.90. The molecule has 0 bridgehead atoms. The van der Waals surface area contributed by atoms with Gasteiger partial charge in [0.1, 0.15) is 5.82 Å². The first kappa shape index (κ1) is 17.1. The van der Waals surface area contributed by atoms with E-state index in [4.69, 9.17) is 4.52 Å². The van der Waals surface area contributed by atoms with Crippen molar-refractivity contribution in [1.29, 1.82) is 0 Å². The third-order valence-electron chi connectivity index (χ3n) is 4.69. The lowest BCUT2D eigenvalue weighted by atomic mass is 9.99. The number of hydrogen-bond acceptors (Lipinski definition) is 7. The molecule has 3 heterocycles. The molecule has 27 heavy (non-hydrogen) atoms. The molecule has 0 saturated carbocycles. The average molecular weight is 365 g/mol. The van der Waals surface area contributed by atoms with E-state index in [1.54, 1.807) is 18.3 Å². The molecule has 0 fully saturated rings. The molecule has 0 radical (unpaired) electrons. The van der Waals surface area contributed by atoms with Crippen molar-refractivity contribution in [3.05, 3.63) is 63.6 Å². The summed E-state index contributed by atoms with van der Waals surface area (Å²) < 4.78 is 5.37. The molecular formula is C19H19N5O3. The highest BCUT2D eigenvalue weighted by molar-refractivity contribution is 5.59. The molecule has 2 aromatic heterocycles. The predicted octanol–water partition coefficient (Wildman–Crippen LogP) is 3.73. The summed E-state index contributed by atoms with van der Waals surface area (Å²) in [7, 11) is 0. The number of nitro benzene ring substituents is 1. The summed E-state index contributed by atoms with van der Waals surface area (Å²) in [4.78, 5) is 21.7. The van der Waals surface area contributed by atoms with Gasteiger partial charge >= 0.3 is 0 Å². The van der Waals surface area contributed by atoms with Crippen molar-refractivity contribution < 1.29 is 9.45 Å². The maximum Gasteiger partial charge on any atom is 0.269 e. The van der Waals surface area contributed by atoms with E-state index in [0.29, 0.717) is 18.3 Å². The van der Waals surface area contributed by atoms with Gasteiger partial charge in [-0.3, -0.25) is 10.1 Å². The van der Waals surface area contributed by atoms with E-state index in [1.165, 1.54) is 0 Å². The van der Waals surface area contributed by atoms with Crippen LogP contribution in [0.2, 0.25) is 0 Å². The molecule has 8 nitrogen and oxygen atoms in total. The van der Waals surface area contributed by atoms with Crippen molar-refractivity contribution in [3.63, 3.8) is 0 Å². The van der Waals surface area contributed by atoms with Gasteiger partial charge in [-0.2, -0.15) is 4.98 Å². The molecule has 1 aliphatic heterocycles. The van der Waals surface area contributed by atoms with Crippen LogP contribution in [-0.4, -0.2) is 26.6 Å². The minimum Gasteiger partial charge on any atom is -0.352 e. The van der Waals surface area contributed by atoms with Crippen LogP contribution in [-0.2, 0) is 13.0 Å². The molecule has 1 aromatic carbocycles. The van der Waals surface area contributed by atoms with Gasteiger partial charge < -0.3 is 9.42 Å². The minimum absolute atomic E-state index is 0.115. The molecular weight excluding hydrogens is 346 g/mol. The van der Waals surface area contributed by atoms with Gasteiger partial charge in [0.2, 0.25) is 0 Å². The van der Waals surface area contributed by atoms with E-state index in [1.807, 2.05) is 32.0 Å². The molecule has 0 saturated heterocycles. The lowest BCUT2D eigenvalue weighted by Crippen LogP contribution is -2.31. The molecule has 0 amide bonds. The van der Waals surface area contributed by atoms with Crippen LogP contribution in [0.4, 0.5) is 11.5 Å². The fourth-order valence-electron chi connectivity index (χ4n) is 3.16. The molecule has 0 spiro atoms. The lowest BCUT2D eigenvalue weighted by molar-refractivity contribution is -0.384. The Bertz CT molecular complexity index is 999. The van der Waals surface area contributed by atoms with E-state index in [0.717, 1.165) is 35.5 Å². The monoisotopic (exact) mass is 365 g/mol. The van der Waals surface area contributed by atoms with Crippen LogP contribution >= 0.6 is 0 Å². The minimum atomic E-state index is -0.361. The van der Waals surface area contributed by atoms with Crippen molar-refractivity contribution in [1.82, 2.24) is 15.1 Å². The van der Waals surface area contributed by atoms with Crippen molar-refractivity contribution >= 4 is 11.5 Å². The Balaban J connectivity index is 1.61. The number of fused-ring (bicyclic) bond motifs is 1. The highest BCUT2D eigenvalue weighted by Gasteiger charge is 2.21. The molecule has 0 unspecified atom stereocenters. The van der Waals surface area contributed by atoms with Crippen LogP contribution in [0.5, 0.6) is 0 Å². The largest absolute Gasteiger partial charge is 0.352 e. The second kappa shape index (κ2) is 6.79. The number of pyridine rings is 1. The first-order valence-electron chi connectivity index (χ1n) is 8.82. The number of hydrogen-bond donors (Lipinski definition) is 0. The van der Waals surface area contributed by atoms with Crippen molar-refractivity contribution in [2.24, 2.45) is 0 Å². The summed E-state index contributed by atoms with van der Waals surface area (Å²) in [6, 6.07) is 8.82. The Kier molecular flexibility index (Phi) is 4.31. The Hall–Kier alpha value is -3.29. The summed E-state index contributed by atoms with van der Waals surface area (Å²) in [5.41, 5.74) is 3.03. The maximum absolute atomic E-state index is 11.0. The molecule has 0 aliphatic carbocycles. The molecule has 3 aromatic rings. The number of nitrogens with zero attached hydrogens (tertiary/aromatic N) is 5. The average Bonchev–Trinajstić information content (AvgIpc) is 3.18. The lowest BCUT2D eigenvalue weighted by Gasteiger charge is -2.29. The van der Waals surface area contributed by atoms with E-state index in [2.05, 4.69) is 20.0 Å². The summed E-state index contributed by atoms with van der Waals surface area (Å²) in [6.07, 6.45) is 2.53. The Morgan fingerprint density at radius 3 is 2.81 bits per heavy atom. The topological polar surface area (TPSA) is 98.2 Å². The normalized spacial score (nSPS) is 13.7. The Morgan fingerprint density at radius 1 is 1.22 bits per heavy atom. The summed E-state index contributed by atoms with van der Waals surface area (Å²) in [6.45, 7) is 5.39. The second-order valence-electron chi connectivity index (χ2n) is 6.90. The molecule has 4 rings (SSSR count). The third kappa shape index (κ3) is 3.38. The van der Waals surface area contributed by atoms with E-state index < -0.39 is 0 Å². The van der Waals surface area contributed by atoms with Gasteiger partial charge in [0.05, 0.1) is 4.92 Å². The summed E-state index contributed by atoms with van der Waals surface area (Å²) >= 11 is 0. The first-order valence-corrected chi connectivity index (χ1v) is 8.82. The van der Waals surface area contributed by atoms with Crippen LogP contribution in [0.1, 0.15) is 36.7 Å². The van der Waals surface area contributed by atoms with Gasteiger partial charge in [0.15, 0.2) is 5.82 Å². The van der Waals surface area contributed by atoms with Gasteiger partial charge in [-0.05, 0) is 29.7 Å². The van der Waals surface area contributed by atoms with Crippen molar-refractivity contribution in [2.45, 2.75) is 32.7 Å². The van der Waals surface area contributed by atoms with Crippen LogP contribution in [0.15, 0.2) is 41.1 Å². The molecule has 138 valence electrons. The fraction of sp³-hybridized carbons (Fsp3) is 0.316. The zero-order valence-electron chi connectivity index (χ0n) is 15.1. The molecule has 8 heteroatoms. The highest BCUT2D eigenvalue weighted by atomic mass is 16.6. The van der Waals surface area contributed by atoms with Gasteiger partial charge in [-0.25, -0.2) is 4.98 Å². The van der Waals surface area contributed by atoms with Crippen LogP contribution in [0.3, 0.4) is 0 Å². The number of nitro groups is 1. The van der Waals surface area contributed by atoms with Gasteiger partial charge in [-0.15, -0.1) is 0 Å². The van der Waals surface area contributed by atoms with Crippen LogP contribution < -0.4 is 4.90 Å². The maximum atomic E-state index is 11.0. The van der Waals surface area contributed by atoms with Gasteiger partial charge in [0.25, 0.3) is 11.6 Å². The standard InChI is InChI=1S/C19H19N5O3/c1-12(2)18-21-19(27-22-18)14-5-7-20-17(10-14)23-8-6-13-3-4-16(24(25)26)9-15(13)11-23/h3-5,7,9-10,12H,6,8,11H2,1-2H3. The van der Waals surface area contributed by atoms with E-state index in [-0.39, 0.29) is 16.5 Å². The van der Waals surface area contributed by atoms with Gasteiger partial charge in [-0.1, -0.05) is 25.1 Å². The van der Waals surface area contributed by atoms with Crippen molar-refractivity contribution in [2.75, 3.05) is 11.4 Å². The smallest absolute Gasteiger partial charge is 0.269 e. The van der Waals surface area contributed by atoms with Crippen LogP contribution in [0.25, 0.3) is 11.5 Å².